The molecule has 8 heteroatoms. The van der Waals surface area contributed by atoms with Crippen molar-refractivity contribution in [3.63, 3.8) is 0 Å². The van der Waals surface area contributed by atoms with E-state index >= 15 is 0 Å². The number of carbonyl (C=O) groups is 2. The van der Waals surface area contributed by atoms with Gasteiger partial charge in [0, 0.05) is 35.3 Å². The molecule has 1 fully saturated rings. The smallest absolute Gasteiger partial charge is 0.270 e. The molecule has 2 heterocycles. The number of aromatic nitrogens is 4. The van der Waals surface area contributed by atoms with Gasteiger partial charge in [-0.1, -0.05) is 27.7 Å². The van der Waals surface area contributed by atoms with E-state index in [2.05, 4.69) is 30.6 Å². The number of nitrogens with one attached hydrogen (secondary N) is 2. The largest absolute Gasteiger partial charge is 0.347 e. The molecule has 0 radical (unpaired) electrons. The zero-order valence-electron chi connectivity index (χ0n) is 17.1. The van der Waals surface area contributed by atoms with Crippen molar-refractivity contribution in [3.8, 4) is 0 Å². The lowest BCUT2D eigenvalue weighted by atomic mass is 9.48. The summed E-state index contributed by atoms with van der Waals surface area (Å²) < 4.78 is 0. The van der Waals surface area contributed by atoms with Crippen LogP contribution in [0.4, 0.5) is 0 Å². The lowest BCUT2D eigenvalue weighted by molar-refractivity contribution is -0.0809. The first-order valence-electron chi connectivity index (χ1n) is 9.24. The molecule has 3 rings (SSSR count). The molecule has 1 aliphatic rings. The van der Waals surface area contributed by atoms with Gasteiger partial charge in [-0.15, -0.1) is 0 Å². The number of carbonyl (C=O) groups excluding carboxylic acids is 2. The minimum atomic E-state index is -0.348. The van der Waals surface area contributed by atoms with Crippen molar-refractivity contribution in [2.24, 2.45) is 10.8 Å². The van der Waals surface area contributed by atoms with Crippen LogP contribution in [0.15, 0.2) is 24.5 Å². The summed E-state index contributed by atoms with van der Waals surface area (Å²) in [5, 5.41) is 6.17. The van der Waals surface area contributed by atoms with Crippen molar-refractivity contribution in [3.05, 3.63) is 47.6 Å². The number of hydrogen-bond acceptors (Lipinski definition) is 6. The van der Waals surface area contributed by atoms with E-state index in [9.17, 15) is 9.59 Å². The topological polar surface area (TPSA) is 110 Å². The second kappa shape index (κ2) is 6.92. The molecule has 1 aliphatic carbocycles. The van der Waals surface area contributed by atoms with E-state index in [1.165, 1.54) is 0 Å². The lowest BCUT2D eigenvalue weighted by Gasteiger charge is -2.64. The normalized spacial score (nSPS) is 22.1. The molecule has 148 valence electrons. The molecule has 1 saturated carbocycles. The van der Waals surface area contributed by atoms with Crippen LogP contribution in [0.3, 0.4) is 0 Å². The molecule has 2 N–H and O–H groups in total. The summed E-state index contributed by atoms with van der Waals surface area (Å²) in [6.45, 7) is 11.6. The zero-order chi connectivity index (χ0) is 20.7. The summed E-state index contributed by atoms with van der Waals surface area (Å²) in [5.74, 6) is 0.607. The standard InChI is InChI=1S/C20H26N6O2/c1-11-21-9-7-13(23-11)15(27)25-17-19(3,4)18(20(17,5)6)26-16(28)14-8-10-22-12(2)24-14/h7-10,17-18H,1-6H3,(H,25,27)(H,26,28). The highest BCUT2D eigenvalue weighted by atomic mass is 16.2. The predicted molar refractivity (Wildman–Crippen MR) is 104 cm³/mol. The maximum absolute atomic E-state index is 12.7. The first-order chi connectivity index (χ1) is 13.0. The quantitative estimate of drug-likeness (QED) is 0.835. The van der Waals surface area contributed by atoms with Crippen LogP contribution in [0.2, 0.25) is 0 Å². The number of amides is 2. The zero-order valence-corrected chi connectivity index (χ0v) is 17.1. The maximum atomic E-state index is 12.7. The highest BCUT2D eigenvalue weighted by Crippen LogP contribution is 2.53. The Kier molecular flexibility index (Phi) is 4.91. The SMILES string of the molecule is Cc1nccc(C(=O)NC2C(C)(C)C(NC(=O)c3ccnc(C)n3)C2(C)C)n1. The Labute approximate surface area is 164 Å². The van der Waals surface area contributed by atoms with E-state index in [-0.39, 0.29) is 34.7 Å². The predicted octanol–water partition coefficient (Wildman–Crippen LogP) is 1.85. The number of nitrogens with zero attached hydrogens (tertiary/aromatic N) is 4. The van der Waals surface area contributed by atoms with Gasteiger partial charge in [-0.2, -0.15) is 0 Å². The van der Waals surface area contributed by atoms with Crippen LogP contribution < -0.4 is 10.6 Å². The van der Waals surface area contributed by atoms with Gasteiger partial charge in [0.05, 0.1) is 0 Å². The molecular weight excluding hydrogens is 356 g/mol. The van der Waals surface area contributed by atoms with Crippen molar-refractivity contribution in [1.29, 1.82) is 0 Å². The van der Waals surface area contributed by atoms with E-state index in [0.29, 0.717) is 23.0 Å². The molecule has 2 amide bonds. The fourth-order valence-corrected chi connectivity index (χ4v) is 4.47. The maximum Gasteiger partial charge on any atom is 0.270 e. The highest BCUT2D eigenvalue weighted by Gasteiger charge is 2.62. The van der Waals surface area contributed by atoms with Gasteiger partial charge in [-0.25, -0.2) is 19.9 Å². The molecule has 0 bridgehead atoms. The first-order valence-corrected chi connectivity index (χ1v) is 9.24. The van der Waals surface area contributed by atoms with Crippen molar-refractivity contribution < 1.29 is 9.59 Å². The van der Waals surface area contributed by atoms with Gasteiger partial charge in [0.15, 0.2) is 0 Å². The molecule has 2 aromatic rings. The summed E-state index contributed by atoms with van der Waals surface area (Å²) in [5.41, 5.74) is -0.0242. The molecular formula is C20H26N6O2. The average Bonchev–Trinajstić information content (AvgIpc) is 2.63. The third kappa shape index (κ3) is 3.46. The molecule has 2 aromatic heterocycles. The van der Waals surface area contributed by atoms with Gasteiger partial charge in [-0.05, 0) is 26.0 Å². The summed E-state index contributed by atoms with van der Waals surface area (Å²) in [7, 11) is 0. The summed E-state index contributed by atoms with van der Waals surface area (Å²) in [4.78, 5) is 41.7. The average molecular weight is 382 g/mol. The second-order valence-corrected chi connectivity index (χ2v) is 8.43. The minimum Gasteiger partial charge on any atom is -0.347 e. The van der Waals surface area contributed by atoms with Crippen LogP contribution in [0.5, 0.6) is 0 Å². The van der Waals surface area contributed by atoms with Crippen molar-refractivity contribution in [2.45, 2.75) is 53.6 Å². The fraction of sp³-hybridized carbons (Fsp3) is 0.500. The summed E-state index contributed by atoms with van der Waals surface area (Å²) in [6, 6.07) is 2.91. The van der Waals surface area contributed by atoms with Gasteiger partial charge in [0.25, 0.3) is 11.8 Å². The summed E-state index contributed by atoms with van der Waals surface area (Å²) in [6.07, 6.45) is 3.14. The summed E-state index contributed by atoms with van der Waals surface area (Å²) >= 11 is 0. The van der Waals surface area contributed by atoms with E-state index in [1.807, 2.05) is 27.7 Å². The Morgan fingerprint density at radius 3 is 1.46 bits per heavy atom. The fourth-order valence-electron chi connectivity index (χ4n) is 4.47. The van der Waals surface area contributed by atoms with Crippen LogP contribution in [0, 0.1) is 24.7 Å². The number of aryl methyl sites for hydroxylation is 2. The number of hydrogen-bond donors (Lipinski definition) is 2. The Morgan fingerprint density at radius 1 is 0.786 bits per heavy atom. The van der Waals surface area contributed by atoms with Gasteiger partial charge < -0.3 is 10.6 Å². The van der Waals surface area contributed by atoms with Gasteiger partial charge in [-0.3, -0.25) is 9.59 Å². The Hall–Kier alpha value is -2.90. The number of rotatable bonds is 4. The van der Waals surface area contributed by atoms with E-state index < -0.39 is 0 Å². The molecule has 0 atom stereocenters. The molecule has 0 unspecified atom stereocenters. The molecule has 28 heavy (non-hydrogen) atoms. The molecule has 0 saturated heterocycles. The van der Waals surface area contributed by atoms with Gasteiger partial charge in [0.1, 0.15) is 23.0 Å². The van der Waals surface area contributed by atoms with Gasteiger partial charge in [0.2, 0.25) is 0 Å². The first kappa shape index (κ1) is 19.9. The van der Waals surface area contributed by atoms with Crippen LogP contribution in [0.25, 0.3) is 0 Å². The highest BCUT2D eigenvalue weighted by molar-refractivity contribution is 5.93. The third-order valence-electron chi connectivity index (χ3n) is 5.54. The van der Waals surface area contributed by atoms with Crippen LogP contribution in [-0.4, -0.2) is 43.8 Å². The lowest BCUT2D eigenvalue weighted by Crippen LogP contribution is -2.77. The molecule has 0 spiro atoms. The van der Waals surface area contributed by atoms with E-state index in [4.69, 9.17) is 0 Å². The monoisotopic (exact) mass is 382 g/mol. The van der Waals surface area contributed by atoms with E-state index in [0.717, 1.165) is 0 Å². The van der Waals surface area contributed by atoms with Crippen LogP contribution in [0.1, 0.15) is 60.3 Å². The third-order valence-corrected chi connectivity index (χ3v) is 5.54. The van der Waals surface area contributed by atoms with Crippen molar-refractivity contribution >= 4 is 11.8 Å². The van der Waals surface area contributed by atoms with Crippen molar-refractivity contribution in [2.75, 3.05) is 0 Å². The van der Waals surface area contributed by atoms with Crippen LogP contribution in [-0.2, 0) is 0 Å². The van der Waals surface area contributed by atoms with Crippen molar-refractivity contribution in [1.82, 2.24) is 30.6 Å². The molecule has 0 aliphatic heterocycles. The Morgan fingerprint density at radius 2 is 1.14 bits per heavy atom. The van der Waals surface area contributed by atoms with Gasteiger partial charge >= 0.3 is 0 Å². The molecule has 0 aromatic carbocycles. The van der Waals surface area contributed by atoms with Crippen LogP contribution >= 0.6 is 0 Å². The van der Waals surface area contributed by atoms with E-state index in [1.54, 1.807) is 38.4 Å². The molecule has 8 nitrogen and oxygen atoms in total. The Balaban J connectivity index is 1.74. The minimum absolute atomic E-state index is 0.139. The Bertz CT molecular complexity index is 837. The second-order valence-electron chi connectivity index (χ2n) is 8.43.